The molecule has 0 radical (unpaired) electrons. The van der Waals surface area contributed by atoms with E-state index in [0.717, 1.165) is 24.2 Å². The van der Waals surface area contributed by atoms with Crippen molar-refractivity contribution in [3.8, 4) is 0 Å². The molecule has 132 valence electrons. The lowest BCUT2D eigenvalue weighted by Crippen LogP contribution is -2.29. The van der Waals surface area contributed by atoms with Crippen LogP contribution in [0.5, 0.6) is 0 Å². The van der Waals surface area contributed by atoms with Crippen molar-refractivity contribution >= 4 is 15.9 Å². The fraction of sp³-hybridized carbons (Fsp3) is 0.750. The molecule has 0 aromatic carbocycles. The summed E-state index contributed by atoms with van der Waals surface area (Å²) in [7, 11) is -3.20. The molecule has 4 rings (SSSR count). The van der Waals surface area contributed by atoms with Gasteiger partial charge in [0.25, 0.3) is 0 Å². The molecule has 1 aromatic rings. The van der Waals surface area contributed by atoms with Crippen LogP contribution in [-0.2, 0) is 34.5 Å². The number of carbonyl (C=O) groups excluding carboxylic acids is 1. The zero-order valence-corrected chi connectivity index (χ0v) is 14.8. The van der Waals surface area contributed by atoms with Crippen molar-refractivity contribution in [3.63, 3.8) is 0 Å². The van der Waals surface area contributed by atoms with Gasteiger partial charge in [0.1, 0.15) is 0 Å². The van der Waals surface area contributed by atoms with E-state index in [0.29, 0.717) is 31.6 Å². The Bertz CT molecular complexity index is 766. The predicted molar refractivity (Wildman–Crippen MR) is 88.3 cm³/mol. The highest BCUT2D eigenvalue weighted by Crippen LogP contribution is 2.65. The maximum absolute atomic E-state index is 12.2. The van der Waals surface area contributed by atoms with Crippen LogP contribution in [0.15, 0.2) is 6.07 Å². The van der Waals surface area contributed by atoms with Crippen LogP contribution in [0.25, 0.3) is 0 Å². The highest BCUT2D eigenvalue weighted by Gasteiger charge is 2.60. The maximum atomic E-state index is 12.2. The van der Waals surface area contributed by atoms with Gasteiger partial charge in [-0.1, -0.05) is 6.42 Å². The summed E-state index contributed by atoms with van der Waals surface area (Å²) in [6, 6.07) is 1.91. The van der Waals surface area contributed by atoms with Crippen LogP contribution in [0.4, 0.5) is 0 Å². The summed E-state index contributed by atoms with van der Waals surface area (Å²) in [5.41, 5.74) is 2.03. The minimum absolute atomic E-state index is 0.149. The molecule has 0 saturated heterocycles. The molecule has 8 heteroatoms. The van der Waals surface area contributed by atoms with Crippen LogP contribution in [0.3, 0.4) is 0 Å². The zero-order chi connectivity index (χ0) is 16.9. The van der Waals surface area contributed by atoms with E-state index < -0.39 is 10.0 Å². The number of nitrogens with one attached hydrogen (secondary N) is 1. The van der Waals surface area contributed by atoms with E-state index in [2.05, 4.69) is 10.4 Å². The van der Waals surface area contributed by atoms with E-state index in [1.807, 2.05) is 10.7 Å². The van der Waals surface area contributed by atoms with E-state index in [-0.39, 0.29) is 11.8 Å². The van der Waals surface area contributed by atoms with Gasteiger partial charge in [0.05, 0.1) is 30.7 Å². The summed E-state index contributed by atoms with van der Waals surface area (Å²) in [5.74, 6) is 0.350. The fourth-order valence-electron chi connectivity index (χ4n) is 4.06. The lowest BCUT2D eigenvalue weighted by atomic mass is 9.80. The minimum atomic E-state index is -3.20. The Labute approximate surface area is 142 Å². The number of fused-ring (bicyclic) bond motifs is 1. The Hall–Kier alpha value is -1.41. The second-order valence-corrected chi connectivity index (χ2v) is 9.47. The fourth-order valence-corrected chi connectivity index (χ4v) is 4.89. The van der Waals surface area contributed by atoms with E-state index >= 15 is 0 Å². The molecule has 1 aliphatic heterocycles. The van der Waals surface area contributed by atoms with Gasteiger partial charge in [-0.05, 0) is 37.2 Å². The van der Waals surface area contributed by atoms with Crippen LogP contribution >= 0.6 is 0 Å². The Morgan fingerprint density at radius 2 is 2.17 bits per heavy atom. The van der Waals surface area contributed by atoms with E-state index in [1.165, 1.54) is 29.8 Å². The number of rotatable bonds is 4. The molecule has 2 heterocycles. The summed E-state index contributed by atoms with van der Waals surface area (Å²) in [5, 5.41) is 7.53. The summed E-state index contributed by atoms with van der Waals surface area (Å²) >= 11 is 0. The van der Waals surface area contributed by atoms with Crippen molar-refractivity contribution < 1.29 is 13.2 Å². The first-order valence-corrected chi connectivity index (χ1v) is 10.5. The molecular weight excluding hydrogens is 328 g/mol. The van der Waals surface area contributed by atoms with E-state index in [9.17, 15) is 13.2 Å². The summed E-state index contributed by atoms with van der Waals surface area (Å²) in [4.78, 5) is 12.2. The lowest BCUT2D eigenvalue weighted by molar-refractivity contribution is -0.123. The van der Waals surface area contributed by atoms with Crippen molar-refractivity contribution in [2.24, 2.45) is 11.3 Å². The van der Waals surface area contributed by atoms with Gasteiger partial charge in [-0.3, -0.25) is 9.48 Å². The molecular formula is C16H24N4O3S. The van der Waals surface area contributed by atoms with Gasteiger partial charge in [0.15, 0.2) is 0 Å². The predicted octanol–water partition coefficient (Wildman–Crippen LogP) is 0.855. The normalized spacial score (nSPS) is 25.6. The van der Waals surface area contributed by atoms with Crippen LogP contribution in [0.1, 0.15) is 43.5 Å². The smallest absolute Gasteiger partial charge is 0.224 e. The van der Waals surface area contributed by atoms with Crippen LogP contribution < -0.4 is 5.32 Å². The second-order valence-electron chi connectivity index (χ2n) is 7.49. The SMILES string of the molecule is CS(=O)(=O)N1CCCn2nc(CNC(=O)C3CC34CCC4)cc2C1. The molecule has 24 heavy (non-hydrogen) atoms. The number of sulfonamides is 1. The zero-order valence-electron chi connectivity index (χ0n) is 14.0. The Morgan fingerprint density at radius 1 is 1.38 bits per heavy atom. The standard InChI is InChI=1S/C16H24N4O3S/c1-24(22,23)19-6-3-7-20-13(11-19)8-12(18-20)10-17-15(21)14-9-16(14)4-2-5-16/h8,14H,2-7,9-11H2,1H3,(H,17,21). The first-order valence-electron chi connectivity index (χ1n) is 8.66. The van der Waals surface area contributed by atoms with Gasteiger partial charge in [0, 0.05) is 19.0 Å². The van der Waals surface area contributed by atoms with Crippen molar-refractivity contribution in [1.82, 2.24) is 19.4 Å². The summed E-state index contributed by atoms with van der Waals surface area (Å²) in [6.07, 6.45) is 6.69. The third-order valence-electron chi connectivity index (χ3n) is 5.80. The summed E-state index contributed by atoms with van der Waals surface area (Å²) < 4.78 is 26.9. The Balaban J connectivity index is 1.38. The maximum Gasteiger partial charge on any atom is 0.224 e. The minimum Gasteiger partial charge on any atom is -0.350 e. The highest BCUT2D eigenvalue weighted by atomic mass is 32.2. The third kappa shape index (κ3) is 2.86. The molecule has 3 aliphatic rings. The number of aromatic nitrogens is 2. The van der Waals surface area contributed by atoms with Gasteiger partial charge in [0.2, 0.25) is 15.9 Å². The molecule has 1 aromatic heterocycles. The first kappa shape index (κ1) is 16.1. The average molecular weight is 352 g/mol. The number of aryl methyl sites for hydroxylation is 1. The molecule has 2 fully saturated rings. The molecule has 1 spiro atoms. The molecule has 7 nitrogen and oxygen atoms in total. The van der Waals surface area contributed by atoms with Crippen LogP contribution in [0, 0.1) is 11.3 Å². The van der Waals surface area contributed by atoms with Crippen LogP contribution in [-0.4, -0.2) is 41.2 Å². The third-order valence-corrected chi connectivity index (χ3v) is 7.05. The number of hydrogen-bond donors (Lipinski definition) is 1. The van der Waals surface area contributed by atoms with Crippen molar-refractivity contribution in [3.05, 3.63) is 17.5 Å². The number of hydrogen-bond acceptors (Lipinski definition) is 4. The number of nitrogens with zero attached hydrogens (tertiary/aromatic N) is 3. The van der Waals surface area contributed by atoms with Gasteiger partial charge in [-0.25, -0.2) is 8.42 Å². The average Bonchev–Trinajstić information content (AvgIpc) is 3.18. The molecule has 1 unspecified atom stereocenters. The quantitative estimate of drug-likeness (QED) is 0.871. The largest absolute Gasteiger partial charge is 0.350 e. The Morgan fingerprint density at radius 3 is 2.79 bits per heavy atom. The van der Waals surface area contributed by atoms with Gasteiger partial charge in [-0.2, -0.15) is 9.40 Å². The topological polar surface area (TPSA) is 84.3 Å². The van der Waals surface area contributed by atoms with Gasteiger partial charge in [-0.15, -0.1) is 0 Å². The molecule has 0 bridgehead atoms. The van der Waals surface area contributed by atoms with Crippen molar-refractivity contribution in [2.45, 2.75) is 51.7 Å². The Kier molecular flexibility index (Phi) is 3.72. The van der Waals surface area contributed by atoms with E-state index in [1.54, 1.807) is 0 Å². The van der Waals surface area contributed by atoms with Gasteiger partial charge < -0.3 is 5.32 Å². The number of carbonyl (C=O) groups is 1. The molecule has 1 atom stereocenters. The highest BCUT2D eigenvalue weighted by molar-refractivity contribution is 7.88. The van der Waals surface area contributed by atoms with Crippen molar-refractivity contribution in [2.75, 3.05) is 12.8 Å². The monoisotopic (exact) mass is 352 g/mol. The van der Waals surface area contributed by atoms with E-state index in [4.69, 9.17) is 0 Å². The summed E-state index contributed by atoms with van der Waals surface area (Å²) in [6.45, 7) is 2.01. The second kappa shape index (κ2) is 5.56. The van der Waals surface area contributed by atoms with Gasteiger partial charge >= 0.3 is 0 Å². The first-order chi connectivity index (χ1) is 11.4. The number of amides is 1. The molecule has 2 saturated carbocycles. The molecule has 2 aliphatic carbocycles. The molecule has 1 N–H and O–H groups in total. The van der Waals surface area contributed by atoms with Crippen molar-refractivity contribution in [1.29, 1.82) is 0 Å². The molecule has 1 amide bonds. The lowest BCUT2D eigenvalue weighted by Gasteiger charge is -2.26. The van der Waals surface area contributed by atoms with Crippen LogP contribution in [0.2, 0.25) is 0 Å².